The minimum Gasteiger partial charge on any atom is -0.444 e. The summed E-state index contributed by atoms with van der Waals surface area (Å²) in [5.74, 6) is 1.84. The summed E-state index contributed by atoms with van der Waals surface area (Å²) < 4.78 is 5.84. The molecular weight excluding hydrogens is 406 g/mol. The number of hydrogen-bond acceptors (Lipinski definition) is 4. The number of hydrogen-bond donors (Lipinski definition) is 1. The van der Waals surface area contributed by atoms with Crippen LogP contribution in [0.15, 0.2) is 45.5 Å². The summed E-state index contributed by atoms with van der Waals surface area (Å²) in [6.45, 7) is 6.53. The normalized spacial score (nSPS) is 15.3. The molecule has 4 rings (SSSR count). The highest BCUT2D eigenvalue weighted by molar-refractivity contribution is 9.10. The van der Waals surface area contributed by atoms with E-state index in [2.05, 4.69) is 46.1 Å². The summed E-state index contributed by atoms with van der Waals surface area (Å²) in [5, 5.41) is 3.93. The van der Waals surface area contributed by atoms with Crippen LogP contribution in [0.5, 0.6) is 0 Å². The van der Waals surface area contributed by atoms with Crippen molar-refractivity contribution in [3.05, 3.63) is 52.4 Å². The van der Waals surface area contributed by atoms with Crippen molar-refractivity contribution < 1.29 is 9.21 Å². The number of carbonyl (C=O) groups is 1. The zero-order valence-electron chi connectivity index (χ0n) is 15.5. The van der Waals surface area contributed by atoms with Crippen molar-refractivity contribution in [1.29, 1.82) is 0 Å². The Hall–Kier alpha value is -2.34. The van der Waals surface area contributed by atoms with E-state index in [1.807, 2.05) is 18.2 Å². The zero-order valence-corrected chi connectivity index (χ0v) is 17.0. The molecule has 27 heavy (non-hydrogen) atoms. The van der Waals surface area contributed by atoms with Crippen LogP contribution >= 0.6 is 15.9 Å². The van der Waals surface area contributed by atoms with Gasteiger partial charge in [0.1, 0.15) is 5.82 Å². The number of nitrogens with one attached hydrogen (secondary N) is 1. The van der Waals surface area contributed by atoms with Gasteiger partial charge in [0.05, 0.1) is 5.52 Å². The van der Waals surface area contributed by atoms with Crippen LogP contribution in [-0.2, 0) is 0 Å². The van der Waals surface area contributed by atoms with Crippen molar-refractivity contribution in [2.75, 3.05) is 23.3 Å². The van der Waals surface area contributed by atoms with E-state index in [4.69, 9.17) is 9.40 Å². The van der Waals surface area contributed by atoms with Gasteiger partial charge in [-0.3, -0.25) is 4.79 Å². The van der Waals surface area contributed by atoms with E-state index < -0.39 is 0 Å². The molecular formula is C21H22BrN3O2. The largest absolute Gasteiger partial charge is 0.444 e. The second-order valence-electron chi connectivity index (χ2n) is 7.26. The average Bonchev–Trinajstić information content (AvgIpc) is 3.09. The van der Waals surface area contributed by atoms with Crippen LogP contribution in [0.1, 0.15) is 35.9 Å². The van der Waals surface area contributed by atoms with Crippen molar-refractivity contribution in [3.63, 3.8) is 0 Å². The lowest BCUT2D eigenvalue weighted by Crippen LogP contribution is -2.33. The van der Waals surface area contributed by atoms with Gasteiger partial charge in [0.25, 0.3) is 5.91 Å². The molecule has 1 saturated heterocycles. The smallest absolute Gasteiger partial charge is 0.291 e. The molecule has 6 heteroatoms. The number of fused-ring (bicyclic) bond motifs is 1. The van der Waals surface area contributed by atoms with E-state index in [9.17, 15) is 4.79 Å². The second kappa shape index (κ2) is 7.35. The number of carbonyl (C=O) groups excluding carboxylic acids is 1. The second-order valence-corrected chi connectivity index (χ2v) is 8.04. The minimum absolute atomic E-state index is 0.270. The minimum atomic E-state index is -0.273. The number of amides is 1. The third-order valence-corrected chi connectivity index (χ3v) is 5.59. The number of anilines is 2. The Morgan fingerprint density at radius 1 is 1.22 bits per heavy atom. The van der Waals surface area contributed by atoms with Crippen LogP contribution in [0, 0.1) is 12.8 Å². The first-order valence-corrected chi connectivity index (χ1v) is 10.0. The van der Waals surface area contributed by atoms with E-state index >= 15 is 0 Å². The van der Waals surface area contributed by atoms with Crippen molar-refractivity contribution in [2.45, 2.75) is 26.7 Å². The number of aromatic nitrogens is 1. The Bertz CT molecular complexity index is 990. The molecule has 1 aliphatic rings. The third-order valence-electron chi connectivity index (χ3n) is 5.16. The van der Waals surface area contributed by atoms with Crippen LogP contribution in [0.25, 0.3) is 10.9 Å². The fraction of sp³-hybridized carbons (Fsp3) is 0.333. The van der Waals surface area contributed by atoms with Crippen LogP contribution in [-0.4, -0.2) is 24.0 Å². The van der Waals surface area contributed by atoms with Gasteiger partial charge in [-0.25, -0.2) is 4.98 Å². The average molecular weight is 428 g/mol. The van der Waals surface area contributed by atoms with Gasteiger partial charge in [0, 0.05) is 24.2 Å². The van der Waals surface area contributed by atoms with E-state index in [1.165, 1.54) is 12.8 Å². The van der Waals surface area contributed by atoms with Crippen molar-refractivity contribution >= 4 is 44.2 Å². The highest BCUT2D eigenvalue weighted by Gasteiger charge is 2.18. The number of pyridine rings is 1. The predicted molar refractivity (Wildman–Crippen MR) is 111 cm³/mol. The Morgan fingerprint density at radius 2 is 2.00 bits per heavy atom. The Morgan fingerprint density at radius 3 is 2.70 bits per heavy atom. The van der Waals surface area contributed by atoms with Gasteiger partial charge in [0.2, 0.25) is 0 Å². The predicted octanol–water partition coefficient (Wildman–Crippen LogP) is 5.39. The molecule has 3 aromatic rings. The van der Waals surface area contributed by atoms with Gasteiger partial charge >= 0.3 is 0 Å². The van der Waals surface area contributed by atoms with E-state index in [-0.39, 0.29) is 11.7 Å². The third kappa shape index (κ3) is 3.86. The first-order valence-electron chi connectivity index (χ1n) is 9.22. The fourth-order valence-electron chi connectivity index (χ4n) is 3.48. The maximum Gasteiger partial charge on any atom is 0.291 e. The van der Waals surface area contributed by atoms with Gasteiger partial charge < -0.3 is 14.6 Å². The number of halogens is 1. The number of piperidine rings is 1. The summed E-state index contributed by atoms with van der Waals surface area (Å²) >= 11 is 3.21. The molecule has 0 aliphatic carbocycles. The molecule has 1 amide bonds. The number of benzene rings is 1. The molecule has 0 bridgehead atoms. The van der Waals surface area contributed by atoms with Gasteiger partial charge in [-0.05, 0) is 83.6 Å². The van der Waals surface area contributed by atoms with E-state index in [1.54, 1.807) is 12.1 Å². The maximum atomic E-state index is 12.3. The van der Waals surface area contributed by atoms with Crippen LogP contribution < -0.4 is 10.2 Å². The Labute approximate surface area is 166 Å². The molecule has 0 radical (unpaired) electrons. The molecule has 1 aliphatic heterocycles. The molecule has 0 unspecified atom stereocenters. The first kappa shape index (κ1) is 18.0. The molecule has 0 saturated carbocycles. The summed E-state index contributed by atoms with van der Waals surface area (Å²) in [7, 11) is 0. The summed E-state index contributed by atoms with van der Waals surface area (Å²) in [4.78, 5) is 19.5. The van der Waals surface area contributed by atoms with Gasteiger partial charge in [-0.2, -0.15) is 0 Å². The van der Waals surface area contributed by atoms with E-state index in [0.717, 1.165) is 47.0 Å². The number of rotatable bonds is 3. The van der Waals surface area contributed by atoms with Crippen LogP contribution in [0.2, 0.25) is 0 Å². The molecule has 0 atom stereocenters. The quantitative estimate of drug-likeness (QED) is 0.608. The highest BCUT2D eigenvalue weighted by Crippen LogP contribution is 2.28. The molecule has 5 nitrogen and oxygen atoms in total. The number of aryl methyl sites for hydroxylation is 1. The molecule has 140 valence electrons. The van der Waals surface area contributed by atoms with Gasteiger partial charge in [-0.15, -0.1) is 0 Å². The Balaban J connectivity index is 1.58. The lowest BCUT2D eigenvalue weighted by molar-refractivity contribution is 0.0995. The molecule has 1 N–H and O–H groups in total. The van der Waals surface area contributed by atoms with Crippen LogP contribution in [0.4, 0.5) is 11.5 Å². The van der Waals surface area contributed by atoms with Gasteiger partial charge in [-0.1, -0.05) is 6.92 Å². The monoisotopic (exact) mass is 427 g/mol. The molecule has 3 heterocycles. The first-order chi connectivity index (χ1) is 13.0. The SMILES string of the molecule is Cc1cc(N2CCC(C)CC2)nc2ccc(NC(=O)c3ccc(Br)o3)cc12. The molecule has 1 fully saturated rings. The number of furan rings is 1. The molecule has 2 aromatic heterocycles. The van der Waals surface area contributed by atoms with Crippen molar-refractivity contribution in [3.8, 4) is 0 Å². The zero-order chi connectivity index (χ0) is 19.0. The van der Waals surface area contributed by atoms with Crippen molar-refractivity contribution in [2.24, 2.45) is 5.92 Å². The topological polar surface area (TPSA) is 58.4 Å². The number of nitrogens with zero attached hydrogens (tertiary/aromatic N) is 2. The molecule has 0 spiro atoms. The van der Waals surface area contributed by atoms with Crippen LogP contribution in [0.3, 0.4) is 0 Å². The Kier molecular flexibility index (Phi) is 4.91. The lowest BCUT2D eigenvalue weighted by atomic mass is 9.99. The van der Waals surface area contributed by atoms with E-state index in [0.29, 0.717) is 4.67 Å². The maximum absolute atomic E-state index is 12.3. The van der Waals surface area contributed by atoms with Crippen molar-refractivity contribution in [1.82, 2.24) is 4.98 Å². The standard InChI is InChI=1S/C21H22BrN3O2/c1-13-7-9-25(10-8-13)20-11-14(2)16-12-15(3-4-17(16)24-20)23-21(26)18-5-6-19(22)27-18/h3-6,11-13H,7-10H2,1-2H3,(H,23,26). The lowest BCUT2D eigenvalue weighted by Gasteiger charge is -2.31. The summed E-state index contributed by atoms with van der Waals surface area (Å²) in [6.07, 6.45) is 2.43. The summed E-state index contributed by atoms with van der Waals surface area (Å²) in [5.41, 5.74) is 2.83. The van der Waals surface area contributed by atoms with Gasteiger partial charge in [0.15, 0.2) is 10.4 Å². The fourth-order valence-corrected chi connectivity index (χ4v) is 3.79. The molecule has 1 aromatic carbocycles. The highest BCUT2D eigenvalue weighted by atomic mass is 79.9. The summed E-state index contributed by atoms with van der Waals surface area (Å²) in [6, 6.07) is 11.3.